The molecule has 4 aromatic rings. The van der Waals surface area contributed by atoms with Gasteiger partial charge in [-0.3, -0.25) is 9.59 Å². The van der Waals surface area contributed by atoms with Crippen molar-refractivity contribution in [1.29, 1.82) is 0 Å². The van der Waals surface area contributed by atoms with Gasteiger partial charge in [0.1, 0.15) is 11.3 Å². The van der Waals surface area contributed by atoms with Gasteiger partial charge in [0.05, 0.1) is 5.69 Å². The third kappa shape index (κ3) is 4.70. The predicted molar refractivity (Wildman–Crippen MR) is 134 cm³/mol. The minimum Gasteiger partial charge on any atom is -0.438 e. The molecule has 0 saturated carbocycles. The van der Waals surface area contributed by atoms with Gasteiger partial charge in [0.15, 0.2) is 0 Å². The van der Waals surface area contributed by atoms with Crippen LogP contribution >= 0.6 is 11.3 Å². The third-order valence-electron chi connectivity index (χ3n) is 5.66. The molecule has 170 valence electrons. The summed E-state index contributed by atoms with van der Waals surface area (Å²) in [5.41, 5.74) is 2.52. The number of fused-ring (bicyclic) bond motifs is 1. The molecule has 2 aromatic carbocycles. The first-order valence-corrected chi connectivity index (χ1v) is 12.0. The summed E-state index contributed by atoms with van der Waals surface area (Å²) in [6.45, 7) is 0.715. The highest BCUT2D eigenvalue weighted by molar-refractivity contribution is 7.10. The Bertz CT molecular complexity index is 1300. The molecule has 0 bridgehead atoms. The summed E-state index contributed by atoms with van der Waals surface area (Å²) >= 11 is 1.71. The van der Waals surface area contributed by atoms with Gasteiger partial charge in [-0.1, -0.05) is 18.2 Å². The van der Waals surface area contributed by atoms with Crippen molar-refractivity contribution in [2.24, 2.45) is 0 Å². The molecule has 34 heavy (non-hydrogen) atoms. The Labute approximate surface area is 201 Å². The summed E-state index contributed by atoms with van der Waals surface area (Å²) in [4.78, 5) is 33.5. The summed E-state index contributed by atoms with van der Waals surface area (Å²) in [6.07, 6.45) is 4.68. The average molecular weight is 470 g/mol. The molecule has 1 N–H and O–H groups in total. The van der Waals surface area contributed by atoms with E-state index in [1.54, 1.807) is 66.1 Å². The number of aromatic nitrogens is 1. The minimum atomic E-state index is -0.339. The molecular weight excluding hydrogens is 446 g/mol. The maximum Gasteiger partial charge on any atom is 0.261 e. The Hall–Kier alpha value is -3.97. The third-order valence-corrected chi connectivity index (χ3v) is 6.63. The summed E-state index contributed by atoms with van der Waals surface area (Å²) in [5.74, 6) is 0.463. The Balaban J connectivity index is 1.30. The number of amides is 2. The van der Waals surface area contributed by atoms with E-state index in [4.69, 9.17) is 4.74 Å². The van der Waals surface area contributed by atoms with Crippen molar-refractivity contribution in [3.05, 3.63) is 100 Å². The molecule has 1 aliphatic rings. The molecule has 7 heteroatoms. The number of ether oxygens (including phenoxy) is 1. The standard InChI is InChI=1S/C27H23N3O3S/c31-25(22-9-6-16-28-26(22)33-21-7-2-1-3-8-21)29-20-13-11-19(12-14-20)27(32)30-17-5-4-10-24-23(30)15-18-34-24/h1-3,6-9,11-16,18H,4-5,10,17H2,(H,29,31). The van der Waals surface area contributed by atoms with Gasteiger partial charge < -0.3 is 15.0 Å². The zero-order valence-corrected chi connectivity index (χ0v) is 19.3. The first kappa shape index (κ1) is 21.9. The fourth-order valence-electron chi connectivity index (χ4n) is 3.94. The van der Waals surface area contributed by atoms with Crippen molar-refractivity contribution in [1.82, 2.24) is 4.98 Å². The van der Waals surface area contributed by atoms with E-state index in [1.165, 1.54) is 4.88 Å². The molecule has 0 fully saturated rings. The highest BCUT2D eigenvalue weighted by Crippen LogP contribution is 2.32. The monoisotopic (exact) mass is 469 g/mol. The molecule has 0 saturated heterocycles. The molecule has 1 aliphatic heterocycles. The van der Waals surface area contributed by atoms with Crippen LogP contribution in [-0.2, 0) is 6.42 Å². The lowest BCUT2D eigenvalue weighted by Crippen LogP contribution is -2.31. The second kappa shape index (κ2) is 9.89. The quantitative estimate of drug-likeness (QED) is 0.379. The predicted octanol–water partition coefficient (Wildman–Crippen LogP) is 6.17. The lowest BCUT2D eigenvalue weighted by molar-refractivity contribution is 0.0985. The van der Waals surface area contributed by atoms with E-state index in [2.05, 4.69) is 10.3 Å². The number of pyridine rings is 1. The first-order chi connectivity index (χ1) is 16.7. The number of hydrogen-bond acceptors (Lipinski definition) is 5. The number of carbonyl (C=O) groups is 2. The smallest absolute Gasteiger partial charge is 0.261 e. The maximum atomic E-state index is 13.2. The van der Waals surface area contributed by atoms with E-state index in [1.807, 2.05) is 34.5 Å². The fourth-order valence-corrected chi connectivity index (χ4v) is 4.87. The van der Waals surface area contributed by atoms with Crippen LogP contribution in [0, 0.1) is 0 Å². The zero-order valence-electron chi connectivity index (χ0n) is 18.4. The molecule has 0 atom stereocenters. The van der Waals surface area contributed by atoms with E-state index < -0.39 is 0 Å². The Morgan fingerprint density at radius 1 is 0.941 bits per heavy atom. The van der Waals surface area contributed by atoms with E-state index in [0.717, 1.165) is 24.9 Å². The van der Waals surface area contributed by atoms with E-state index in [-0.39, 0.29) is 17.7 Å². The van der Waals surface area contributed by atoms with Gasteiger partial charge in [-0.15, -0.1) is 11.3 Å². The molecule has 0 aliphatic carbocycles. The molecule has 2 aromatic heterocycles. The number of hydrogen-bond donors (Lipinski definition) is 1. The van der Waals surface area contributed by atoms with Crippen molar-refractivity contribution in [3.8, 4) is 11.6 Å². The van der Waals surface area contributed by atoms with Gasteiger partial charge in [-0.25, -0.2) is 4.98 Å². The van der Waals surface area contributed by atoms with Crippen LogP contribution in [0.5, 0.6) is 11.6 Å². The Morgan fingerprint density at radius 3 is 2.59 bits per heavy atom. The Kier molecular flexibility index (Phi) is 6.35. The lowest BCUT2D eigenvalue weighted by atomic mass is 10.1. The molecular formula is C27H23N3O3S. The second-order valence-electron chi connectivity index (χ2n) is 7.95. The SMILES string of the molecule is O=C(Nc1ccc(C(=O)N2CCCCc3sccc32)cc1)c1cccnc1Oc1ccccc1. The van der Waals surface area contributed by atoms with Gasteiger partial charge in [0.2, 0.25) is 5.88 Å². The van der Waals surface area contributed by atoms with E-state index in [9.17, 15) is 9.59 Å². The molecule has 6 nitrogen and oxygen atoms in total. The lowest BCUT2D eigenvalue weighted by Gasteiger charge is -2.21. The largest absolute Gasteiger partial charge is 0.438 e. The number of carbonyl (C=O) groups excluding carboxylic acids is 2. The number of anilines is 2. The van der Waals surface area contributed by atoms with Gasteiger partial charge in [0, 0.05) is 28.9 Å². The molecule has 0 spiro atoms. The van der Waals surface area contributed by atoms with Crippen LogP contribution in [-0.4, -0.2) is 23.3 Å². The number of para-hydroxylation sites is 1. The highest BCUT2D eigenvalue weighted by Gasteiger charge is 2.23. The van der Waals surface area contributed by atoms with Crippen LogP contribution < -0.4 is 15.0 Å². The molecule has 0 radical (unpaired) electrons. The van der Waals surface area contributed by atoms with Crippen LogP contribution in [0.3, 0.4) is 0 Å². The number of nitrogens with zero attached hydrogens (tertiary/aromatic N) is 2. The van der Waals surface area contributed by atoms with Crippen LogP contribution in [0.4, 0.5) is 11.4 Å². The summed E-state index contributed by atoms with van der Waals surface area (Å²) in [6, 6.07) is 21.6. The molecule has 2 amide bonds. The minimum absolute atomic E-state index is 0.0229. The Morgan fingerprint density at radius 2 is 1.76 bits per heavy atom. The average Bonchev–Trinajstić information content (AvgIpc) is 3.24. The topological polar surface area (TPSA) is 71.5 Å². The van der Waals surface area contributed by atoms with Crippen LogP contribution in [0.25, 0.3) is 0 Å². The van der Waals surface area contributed by atoms with Crippen molar-refractivity contribution >= 4 is 34.5 Å². The zero-order chi connectivity index (χ0) is 23.3. The van der Waals surface area contributed by atoms with E-state index >= 15 is 0 Å². The summed E-state index contributed by atoms with van der Waals surface area (Å²) < 4.78 is 5.80. The van der Waals surface area contributed by atoms with Crippen LogP contribution in [0.2, 0.25) is 0 Å². The van der Waals surface area contributed by atoms with Gasteiger partial charge in [0.25, 0.3) is 11.8 Å². The normalized spacial score (nSPS) is 13.0. The van der Waals surface area contributed by atoms with Gasteiger partial charge >= 0.3 is 0 Å². The number of rotatable bonds is 5. The number of benzene rings is 2. The summed E-state index contributed by atoms with van der Waals surface area (Å²) in [7, 11) is 0. The molecule has 5 rings (SSSR count). The van der Waals surface area contributed by atoms with Crippen molar-refractivity contribution in [2.75, 3.05) is 16.8 Å². The van der Waals surface area contributed by atoms with Crippen molar-refractivity contribution in [2.45, 2.75) is 19.3 Å². The molecule has 3 heterocycles. The number of nitrogens with one attached hydrogen (secondary N) is 1. The number of thiophene rings is 1. The van der Waals surface area contributed by atoms with Gasteiger partial charge in [-0.05, 0) is 79.2 Å². The van der Waals surface area contributed by atoms with Crippen LogP contribution in [0.1, 0.15) is 38.4 Å². The van der Waals surface area contributed by atoms with Crippen molar-refractivity contribution < 1.29 is 14.3 Å². The first-order valence-electron chi connectivity index (χ1n) is 11.2. The summed E-state index contributed by atoms with van der Waals surface area (Å²) in [5, 5.41) is 4.91. The van der Waals surface area contributed by atoms with Gasteiger partial charge in [-0.2, -0.15) is 0 Å². The fraction of sp³-hybridized carbons (Fsp3) is 0.148. The highest BCUT2D eigenvalue weighted by atomic mass is 32.1. The van der Waals surface area contributed by atoms with Crippen LogP contribution in [0.15, 0.2) is 84.4 Å². The second-order valence-corrected chi connectivity index (χ2v) is 8.95. The molecule has 0 unspecified atom stereocenters. The maximum absolute atomic E-state index is 13.2. The van der Waals surface area contributed by atoms with E-state index in [0.29, 0.717) is 29.1 Å². The number of aryl methyl sites for hydroxylation is 1. The van der Waals surface area contributed by atoms with Crippen molar-refractivity contribution in [3.63, 3.8) is 0 Å².